The lowest BCUT2D eigenvalue weighted by molar-refractivity contribution is 0.669. The van der Waals surface area contributed by atoms with E-state index >= 15 is 0 Å². The zero-order valence-electron chi connectivity index (χ0n) is 35.6. The molecule has 12 aromatic rings. The first-order chi connectivity index (χ1) is 32.3. The van der Waals surface area contributed by atoms with E-state index in [4.69, 9.17) is 4.42 Å². The van der Waals surface area contributed by atoms with Crippen LogP contribution >= 0.6 is 0 Å². The molecule has 3 nitrogen and oxygen atoms in total. The van der Waals surface area contributed by atoms with Gasteiger partial charge in [0.15, 0.2) is 0 Å². The Morgan fingerprint density at radius 3 is 1.54 bits per heavy atom. The molecule has 0 N–H and O–H groups in total. The van der Waals surface area contributed by atoms with E-state index in [0.717, 1.165) is 89.1 Å². The minimum absolute atomic E-state index is 0.813. The first kappa shape index (κ1) is 38.0. The van der Waals surface area contributed by atoms with Crippen LogP contribution in [-0.4, -0.2) is 0 Å². The maximum absolute atomic E-state index is 6.96. The van der Waals surface area contributed by atoms with Crippen molar-refractivity contribution in [2.75, 3.05) is 9.80 Å². The zero-order chi connectivity index (χ0) is 43.1. The molecule has 0 aliphatic heterocycles. The van der Waals surface area contributed by atoms with E-state index in [9.17, 15) is 0 Å². The number of rotatable bonds is 9. The fourth-order valence-electron chi connectivity index (χ4n) is 9.63. The molecule has 65 heavy (non-hydrogen) atoms. The maximum Gasteiger partial charge on any atom is 0.137 e. The van der Waals surface area contributed by atoms with Crippen molar-refractivity contribution in [2.45, 2.75) is 0 Å². The van der Waals surface area contributed by atoms with Gasteiger partial charge in [-0.2, -0.15) is 0 Å². The van der Waals surface area contributed by atoms with Gasteiger partial charge < -0.3 is 14.2 Å². The smallest absolute Gasteiger partial charge is 0.137 e. The van der Waals surface area contributed by atoms with Crippen LogP contribution < -0.4 is 9.80 Å². The van der Waals surface area contributed by atoms with Crippen molar-refractivity contribution in [3.8, 4) is 33.4 Å². The Morgan fingerprint density at radius 2 is 0.800 bits per heavy atom. The highest BCUT2D eigenvalue weighted by molar-refractivity contribution is 6.20. The topological polar surface area (TPSA) is 19.6 Å². The molecule has 1 aromatic heterocycles. The summed E-state index contributed by atoms with van der Waals surface area (Å²) in [4.78, 5) is 4.91. The Morgan fingerprint density at radius 1 is 0.277 bits per heavy atom. The molecule has 306 valence electrons. The minimum Gasteiger partial charge on any atom is -0.456 e. The van der Waals surface area contributed by atoms with Gasteiger partial charge in [0.1, 0.15) is 11.2 Å². The predicted molar refractivity (Wildman–Crippen MR) is 274 cm³/mol. The number of furan rings is 1. The van der Waals surface area contributed by atoms with Gasteiger partial charge in [-0.3, -0.25) is 0 Å². The monoisotopic (exact) mass is 830 g/mol. The normalized spacial score (nSPS) is 11.4. The summed E-state index contributed by atoms with van der Waals surface area (Å²) in [6, 6.07) is 91.5. The molecule has 0 atom stereocenters. The highest BCUT2D eigenvalue weighted by atomic mass is 16.3. The third-order valence-corrected chi connectivity index (χ3v) is 12.6. The molecular formula is C62H42N2O. The predicted octanol–water partition coefficient (Wildman–Crippen LogP) is 17.8. The summed E-state index contributed by atoms with van der Waals surface area (Å²) < 4.78 is 6.96. The quantitative estimate of drug-likeness (QED) is 0.144. The third kappa shape index (κ3) is 6.78. The lowest BCUT2D eigenvalue weighted by Crippen LogP contribution is -2.18. The summed E-state index contributed by atoms with van der Waals surface area (Å²) in [6.45, 7) is 0. The fraction of sp³-hybridized carbons (Fsp3) is 0. The number of nitrogens with zero attached hydrogens (tertiary/aromatic N) is 2. The second-order valence-electron chi connectivity index (χ2n) is 16.5. The molecule has 0 aliphatic rings. The average Bonchev–Trinajstić information content (AvgIpc) is 3.75. The Bertz CT molecular complexity index is 3650. The van der Waals surface area contributed by atoms with E-state index in [1.54, 1.807) is 0 Å². The molecule has 0 fully saturated rings. The van der Waals surface area contributed by atoms with Crippen LogP contribution in [0.25, 0.3) is 76.9 Å². The third-order valence-electron chi connectivity index (χ3n) is 12.6. The molecule has 0 saturated heterocycles. The summed E-state index contributed by atoms with van der Waals surface area (Å²) in [7, 11) is 0. The Labute approximate surface area is 378 Å². The van der Waals surface area contributed by atoms with E-state index in [-0.39, 0.29) is 0 Å². The second kappa shape index (κ2) is 16.2. The molecule has 0 saturated carbocycles. The van der Waals surface area contributed by atoms with Crippen molar-refractivity contribution in [3.05, 3.63) is 255 Å². The van der Waals surface area contributed by atoms with Crippen LogP contribution in [0.4, 0.5) is 34.1 Å². The van der Waals surface area contributed by atoms with E-state index in [1.165, 1.54) is 21.9 Å². The van der Waals surface area contributed by atoms with Gasteiger partial charge in [-0.1, -0.05) is 194 Å². The summed E-state index contributed by atoms with van der Waals surface area (Å²) >= 11 is 0. The number of hydrogen-bond donors (Lipinski definition) is 0. The summed E-state index contributed by atoms with van der Waals surface area (Å²) in [5.41, 5.74) is 14.7. The SMILES string of the molecule is c1ccc(-c2ccc(N(c3ccccc3-c3ccccc3)c3c(N(c4ccccc4)c4ccccc4-c4cccc5ccccc45)ccc4oc5cc6ccccc6cc5c34)cc2)cc1. The number of fused-ring (bicyclic) bond motifs is 5. The van der Waals surface area contributed by atoms with E-state index in [0.29, 0.717) is 0 Å². The van der Waals surface area contributed by atoms with E-state index < -0.39 is 0 Å². The molecule has 0 aliphatic carbocycles. The number of hydrogen-bond acceptors (Lipinski definition) is 3. The van der Waals surface area contributed by atoms with Crippen LogP contribution in [0, 0.1) is 0 Å². The summed E-state index contributed by atoms with van der Waals surface area (Å²) in [6.07, 6.45) is 0. The van der Waals surface area contributed by atoms with Crippen LogP contribution in [0.15, 0.2) is 259 Å². The van der Waals surface area contributed by atoms with Crippen molar-refractivity contribution in [2.24, 2.45) is 0 Å². The maximum atomic E-state index is 6.96. The Hall–Kier alpha value is -8.66. The molecule has 11 aromatic carbocycles. The molecule has 0 spiro atoms. The van der Waals surface area contributed by atoms with Gasteiger partial charge in [0, 0.05) is 27.9 Å². The molecule has 12 rings (SSSR count). The van der Waals surface area contributed by atoms with Gasteiger partial charge in [0.25, 0.3) is 0 Å². The van der Waals surface area contributed by atoms with Crippen molar-refractivity contribution in [3.63, 3.8) is 0 Å². The number of benzene rings is 11. The highest BCUT2D eigenvalue weighted by Gasteiger charge is 2.30. The lowest BCUT2D eigenvalue weighted by Gasteiger charge is -2.35. The molecule has 3 heteroatoms. The molecule has 1 heterocycles. The van der Waals surface area contributed by atoms with Gasteiger partial charge in [0.2, 0.25) is 0 Å². The lowest BCUT2D eigenvalue weighted by atomic mass is 9.95. The Kier molecular flexibility index (Phi) is 9.50. The number of para-hydroxylation sites is 3. The van der Waals surface area contributed by atoms with Crippen LogP contribution in [0.3, 0.4) is 0 Å². The largest absolute Gasteiger partial charge is 0.456 e. The van der Waals surface area contributed by atoms with Gasteiger partial charge in [0.05, 0.1) is 28.1 Å². The van der Waals surface area contributed by atoms with Crippen LogP contribution in [0.2, 0.25) is 0 Å². The van der Waals surface area contributed by atoms with Gasteiger partial charge in [-0.25, -0.2) is 0 Å². The van der Waals surface area contributed by atoms with Crippen LogP contribution in [0.1, 0.15) is 0 Å². The second-order valence-corrected chi connectivity index (χ2v) is 16.5. The van der Waals surface area contributed by atoms with Crippen molar-refractivity contribution >= 4 is 77.6 Å². The molecule has 0 amide bonds. The van der Waals surface area contributed by atoms with Crippen LogP contribution in [-0.2, 0) is 0 Å². The van der Waals surface area contributed by atoms with Gasteiger partial charge in [-0.05, 0) is 104 Å². The Balaban J connectivity index is 1.22. The molecule has 0 bridgehead atoms. The van der Waals surface area contributed by atoms with Gasteiger partial charge in [-0.15, -0.1) is 0 Å². The molecular weight excluding hydrogens is 789 g/mol. The minimum atomic E-state index is 0.813. The fourth-order valence-corrected chi connectivity index (χ4v) is 9.63. The molecule has 0 unspecified atom stereocenters. The van der Waals surface area contributed by atoms with Crippen molar-refractivity contribution in [1.82, 2.24) is 0 Å². The van der Waals surface area contributed by atoms with E-state index in [2.05, 4.69) is 265 Å². The zero-order valence-corrected chi connectivity index (χ0v) is 35.6. The first-order valence-electron chi connectivity index (χ1n) is 22.2. The van der Waals surface area contributed by atoms with Crippen molar-refractivity contribution in [1.29, 1.82) is 0 Å². The summed E-state index contributed by atoms with van der Waals surface area (Å²) in [5.74, 6) is 0. The standard InChI is InChI=1S/C62H42N2O/c1-4-19-43(20-5-1)44-35-37-50(38-36-44)64(56-33-16-14-30-52(56)46-21-6-2-7-22-46)62-58(39-40-59-61(62)55-41-47-24-10-11-25-48(47)42-60(55)65-59)63(49-27-8-3-9-28-49)57-34-17-15-31-54(57)53-32-18-26-45-23-12-13-29-51(45)53/h1-42H. The van der Waals surface area contributed by atoms with E-state index in [1.807, 2.05) is 0 Å². The highest BCUT2D eigenvalue weighted by Crippen LogP contribution is 2.54. The number of anilines is 6. The molecule has 0 radical (unpaired) electrons. The van der Waals surface area contributed by atoms with Crippen LogP contribution in [0.5, 0.6) is 0 Å². The van der Waals surface area contributed by atoms with Crippen molar-refractivity contribution < 1.29 is 4.42 Å². The summed E-state index contributed by atoms with van der Waals surface area (Å²) in [5, 5.41) is 6.78. The average molecular weight is 831 g/mol. The van der Waals surface area contributed by atoms with Gasteiger partial charge >= 0.3 is 0 Å². The first-order valence-corrected chi connectivity index (χ1v) is 22.2.